The second-order valence-corrected chi connectivity index (χ2v) is 7.41. The summed E-state index contributed by atoms with van der Waals surface area (Å²) in [5.74, 6) is -0.0184. The molecule has 0 aromatic carbocycles. The van der Waals surface area contributed by atoms with Crippen molar-refractivity contribution in [1.82, 2.24) is 0 Å². The zero-order valence-corrected chi connectivity index (χ0v) is 18.3. The highest BCUT2D eigenvalue weighted by atomic mass is 16.9. The fourth-order valence-electron chi connectivity index (χ4n) is 3.65. The molecule has 1 aliphatic rings. The number of rotatable bonds is 20. The molecule has 162 valence electrons. The predicted octanol–water partition coefficient (Wildman–Crippen LogP) is 5.31. The SMILES string of the molecule is CCCC(CCCCCC(OCC)(OCC)OCC)CCCOCC1CO1. The lowest BCUT2D eigenvalue weighted by Crippen LogP contribution is -2.39. The molecular formula is C22H44O5. The Morgan fingerprint density at radius 1 is 0.852 bits per heavy atom. The van der Waals surface area contributed by atoms with E-state index in [0.29, 0.717) is 25.9 Å². The Labute approximate surface area is 167 Å². The van der Waals surface area contributed by atoms with Crippen LogP contribution >= 0.6 is 0 Å². The first-order valence-corrected chi connectivity index (χ1v) is 11.3. The van der Waals surface area contributed by atoms with Crippen molar-refractivity contribution in [3.8, 4) is 0 Å². The van der Waals surface area contributed by atoms with Gasteiger partial charge in [0.25, 0.3) is 5.97 Å². The van der Waals surface area contributed by atoms with Gasteiger partial charge in [0.15, 0.2) is 0 Å². The van der Waals surface area contributed by atoms with Crippen molar-refractivity contribution < 1.29 is 23.7 Å². The summed E-state index contributed by atoms with van der Waals surface area (Å²) >= 11 is 0. The number of hydrogen-bond acceptors (Lipinski definition) is 5. The molecule has 1 aliphatic heterocycles. The molecule has 0 aromatic rings. The van der Waals surface area contributed by atoms with Crippen molar-refractivity contribution >= 4 is 0 Å². The third-order valence-corrected chi connectivity index (χ3v) is 4.99. The first-order valence-electron chi connectivity index (χ1n) is 11.3. The topological polar surface area (TPSA) is 49.5 Å². The molecule has 0 N–H and O–H groups in total. The van der Waals surface area contributed by atoms with E-state index >= 15 is 0 Å². The molecule has 5 nitrogen and oxygen atoms in total. The van der Waals surface area contributed by atoms with Gasteiger partial charge in [0.2, 0.25) is 0 Å². The number of ether oxygens (including phenoxy) is 5. The summed E-state index contributed by atoms with van der Waals surface area (Å²) in [5.41, 5.74) is 0. The lowest BCUT2D eigenvalue weighted by molar-refractivity contribution is -0.380. The van der Waals surface area contributed by atoms with E-state index in [9.17, 15) is 0 Å². The molecule has 0 amide bonds. The van der Waals surface area contributed by atoms with Gasteiger partial charge >= 0.3 is 0 Å². The summed E-state index contributed by atoms with van der Waals surface area (Å²) in [4.78, 5) is 0. The summed E-state index contributed by atoms with van der Waals surface area (Å²) in [5, 5.41) is 0. The van der Waals surface area contributed by atoms with Gasteiger partial charge in [-0.3, -0.25) is 0 Å². The molecule has 0 aromatic heterocycles. The largest absolute Gasteiger partial charge is 0.379 e. The quantitative estimate of drug-likeness (QED) is 0.161. The van der Waals surface area contributed by atoms with E-state index in [1.807, 2.05) is 20.8 Å². The van der Waals surface area contributed by atoms with E-state index in [0.717, 1.165) is 38.6 Å². The van der Waals surface area contributed by atoms with Crippen LogP contribution in [0.25, 0.3) is 0 Å². The van der Waals surface area contributed by atoms with E-state index in [4.69, 9.17) is 23.7 Å². The van der Waals surface area contributed by atoms with Gasteiger partial charge in [-0.05, 0) is 46.0 Å². The monoisotopic (exact) mass is 388 g/mol. The second kappa shape index (κ2) is 15.7. The van der Waals surface area contributed by atoms with Crippen LogP contribution in [0.5, 0.6) is 0 Å². The summed E-state index contributed by atoms with van der Waals surface area (Å²) in [6.45, 7) is 12.6. The maximum absolute atomic E-state index is 5.81. The number of hydrogen-bond donors (Lipinski definition) is 0. The lowest BCUT2D eigenvalue weighted by atomic mass is 9.92. The molecule has 2 unspecified atom stereocenters. The highest BCUT2D eigenvalue weighted by Gasteiger charge is 2.31. The van der Waals surface area contributed by atoms with Crippen molar-refractivity contribution in [1.29, 1.82) is 0 Å². The third-order valence-electron chi connectivity index (χ3n) is 4.99. The van der Waals surface area contributed by atoms with E-state index in [1.54, 1.807) is 0 Å². The Balaban J connectivity index is 2.17. The van der Waals surface area contributed by atoms with Gasteiger partial charge in [-0.1, -0.05) is 39.0 Å². The molecule has 0 aliphatic carbocycles. The Morgan fingerprint density at radius 3 is 2.04 bits per heavy atom. The first kappa shape index (κ1) is 24.8. The molecule has 2 atom stereocenters. The van der Waals surface area contributed by atoms with Crippen LogP contribution in [-0.4, -0.2) is 51.7 Å². The van der Waals surface area contributed by atoms with Gasteiger partial charge in [0.05, 0.1) is 13.2 Å². The second-order valence-electron chi connectivity index (χ2n) is 7.41. The van der Waals surface area contributed by atoms with Crippen LogP contribution in [0.3, 0.4) is 0 Å². The first-order chi connectivity index (χ1) is 13.2. The van der Waals surface area contributed by atoms with Crippen LogP contribution < -0.4 is 0 Å². The summed E-state index contributed by atoms with van der Waals surface area (Å²) in [7, 11) is 0. The molecule has 0 bridgehead atoms. The fraction of sp³-hybridized carbons (Fsp3) is 1.00. The molecule has 0 radical (unpaired) electrons. The number of unbranched alkanes of at least 4 members (excludes halogenated alkanes) is 2. The lowest BCUT2D eigenvalue weighted by Gasteiger charge is -2.32. The minimum Gasteiger partial charge on any atom is -0.379 e. The molecule has 1 saturated heterocycles. The zero-order valence-electron chi connectivity index (χ0n) is 18.3. The summed E-state index contributed by atoms with van der Waals surface area (Å²) in [6.07, 6.45) is 11.1. The van der Waals surface area contributed by atoms with Crippen molar-refractivity contribution in [3.05, 3.63) is 0 Å². The van der Waals surface area contributed by atoms with Gasteiger partial charge in [-0.25, -0.2) is 0 Å². The minimum atomic E-state index is -0.844. The Hall–Kier alpha value is -0.200. The smallest absolute Gasteiger partial charge is 0.282 e. The van der Waals surface area contributed by atoms with E-state index < -0.39 is 5.97 Å². The third kappa shape index (κ3) is 12.1. The van der Waals surface area contributed by atoms with Crippen LogP contribution in [0.15, 0.2) is 0 Å². The van der Waals surface area contributed by atoms with Gasteiger partial charge in [0, 0.05) is 32.8 Å². The zero-order chi connectivity index (χ0) is 19.8. The molecule has 1 heterocycles. The van der Waals surface area contributed by atoms with E-state index in [2.05, 4.69) is 6.92 Å². The normalized spacial score (nSPS) is 18.0. The maximum Gasteiger partial charge on any atom is 0.282 e. The van der Waals surface area contributed by atoms with Gasteiger partial charge in [-0.2, -0.15) is 0 Å². The summed E-state index contributed by atoms with van der Waals surface area (Å²) in [6, 6.07) is 0. The molecule has 27 heavy (non-hydrogen) atoms. The Morgan fingerprint density at radius 2 is 1.48 bits per heavy atom. The molecule has 0 saturated carbocycles. The standard InChI is InChI=1S/C22H44O5/c1-5-13-20(15-12-17-23-18-21-19-24-21)14-10-9-11-16-22(25-6-2,26-7-3)27-8-4/h20-21H,5-19H2,1-4H3. The van der Waals surface area contributed by atoms with Crippen molar-refractivity contribution in [2.75, 3.05) is 39.6 Å². The average Bonchev–Trinajstić information content (AvgIpc) is 3.46. The maximum atomic E-state index is 5.81. The van der Waals surface area contributed by atoms with Gasteiger partial charge in [0.1, 0.15) is 6.10 Å². The van der Waals surface area contributed by atoms with Crippen LogP contribution in [0, 0.1) is 5.92 Å². The van der Waals surface area contributed by atoms with E-state index in [1.165, 1.54) is 44.9 Å². The van der Waals surface area contributed by atoms with Crippen molar-refractivity contribution in [2.45, 2.75) is 97.6 Å². The van der Waals surface area contributed by atoms with Gasteiger partial charge in [-0.15, -0.1) is 0 Å². The molecule has 0 spiro atoms. The van der Waals surface area contributed by atoms with Crippen LogP contribution in [0.2, 0.25) is 0 Å². The number of epoxide rings is 1. The fourth-order valence-corrected chi connectivity index (χ4v) is 3.65. The average molecular weight is 389 g/mol. The highest BCUT2D eigenvalue weighted by molar-refractivity contribution is 4.67. The van der Waals surface area contributed by atoms with E-state index in [-0.39, 0.29) is 0 Å². The summed E-state index contributed by atoms with van der Waals surface area (Å²) < 4.78 is 28.3. The minimum absolute atomic E-state index is 0.383. The van der Waals surface area contributed by atoms with Crippen LogP contribution in [0.4, 0.5) is 0 Å². The van der Waals surface area contributed by atoms with Crippen LogP contribution in [0.1, 0.15) is 85.5 Å². The van der Waals surface area contributed by atoms with Gasteiger partial charge < -0.3 is 23.7 Å². The molecule has 1 fully saturated rings. The molecule has 1 rings (SSSR count). The van der Waals surface area contributed by atoms with Crippen molar-refractivity contribution in [2.24, 2.45) is 5.92 Å². The Bertz CT molecular complexity index is 316. The van der Waals surface area contributed by atoms with Crippen LogP contribution in [-0.2, 0) is 23.7 Å². The molecular weight excluding hydrogens is 344 g/mol. The van der Waals surface area contributed by atoms with Crippen molar-refractivity contribution in [3.63, 3.8) is 0 Å². The predicted molar refractivity (Wildman–Crippen MR) is 109 cm³/mol. The Kier molecular flexibility index (Phi) is 14.4. The highest BCUT2D eigenvalue weighted by Crippen LogP contribution is 2.26. The molecule has 5 heteroatoms.